The average molecular weight is 134 g/mol. The molecule has 1 heteroatoms. The zero-order valence-corrected chi connectivity index (χ0v) is 5.75. The highest BCUT2D eigenvalue weighted by Crippen LogP contribution is 2.37. The van der Waals surface area contributed by atoms with Gasteiger partial charge in [0.1, 0.15) is 5.76 Å². The van der Waals surface area contributed by atoms with Crippen LogP contribution in [0.25, 0.3) is 0 Å². The minimum Gasteiger partial charge on any atom is -0.511 e. The first-order valence-electron chi connectivity index (χ1n) is 3.66. The summed E-state index contributed by atoms with van der Waals surface area (Å²) in [6.45, 7) is 0. The van der Waals surface area contributed by atoms with Crippen molar-refractivity contribution < 1.29 is 5.11 Å². The normalized spacial score (nSPS) is 22.2. The van der Waals surface area contributed by atoms with Crippen molar-refractivity contribution in [2.24, 2.45) is 5.92 Å². The molecule has 1 fully saturated rings. The van der Waals surface area contributed by atoms with E-state index in [1.807, 2.05) is 24.3 Å². The fourth-order valence-corrected chi connectivity index (χ4v) is 1.14. The lowest BCUT2D eigenvalue weighted by atomic mass is 10.2. The van der Waals surface area contributed by atoms with Crippen LogP contribution in [0.1, 0.15) is 12.8 Å². The molecular formula is C9H10O. The van der Waals surface area contributed by atoms with Crippen LogP contribution < -0.4 is 0 Å². The second kappa shape index (κ2) is 2.01. The highest BCUT2D eigenvalue weighted by atomic mass is 16.3. The molecule has 0 bridgehead atoms. The molecule has 0 saturated heterocycles. The number of aliphatic hydroxyl groups is 1. The first-order valence-corrected chi connectivity index (χ1v) is 3.66. The predicted octanol–water partition coefficient (Wildman–Crippen LogP) is 2.33. The van der Waals surface area contributed by atoms with E-state index < -0.39 is 0 Å². The fourth-order valence-electron chi connectivity index (χ4n) is 1.14. The Morgan fingerprint density at radius 1 is 1.30 bits per heavy atom. The van der Waals surface area contributed by atoms with Gasteiger partial charge in [-0.2, -0.15) is 0 Å². The molecule has 0 aliphatic heterocycles. The molecule has 1 N–H and O–H groups in total. The van der Waals surface area contributed by atoms with Crippen LogP contribution in [-0.4, -0.2) is 5.11 Å². The van der Waals surface area contributed by atoms with Crippen molar-refractivity contribution in [2.45, 2.75) is 12.8 Å². The summed E-state index contributed by atoms with van der Waals surface area (Å²) < 4.78 is 0. The summed E-state index contributed by atoms with van der Waals surface area (Å²) in [6.07, 6.45) is 10.1. The summed E-state index contributed by atoms with van der Waals surface area (Å²) in [5.41, 5.74) is 1.00. The number of rotatable bonds is 1. The van der Waals surface area contributed by atoms with Gasteiger partial charge in [-0.1, -0.05) is 24.3 Å². The molecule has 2 rings (SSSR count). The lowest BCUT2D eigenvalue weighted by Gasteiger charge is -1.96. The van der Waals surface area contributed by atoms with E-state index >= 15 is 0 Å². The van der Waals surface area contributed by atoms with E-state index in [1.165, 1.54) is 0 Å². The van der Waals surface area contributed by atoms with E-state index in [9.17, 15) is 5.11 Å². The van der Waals surface area contributed by atoms with Crippen LogP contribution in [0.15, 0.2) is 35.6 Å². The Hall–Kier alpha value is -0.980. The van der Waals surface area contributed by atoms with E-state index in [0.29, 0.717) is 11.7 Å². The Bertz CT molecular complexity index is 215. The molecule has 0 spiro atoms. The molecule has 0 aromatic heterocycles. The third-order valence-electron chi connectivity index (χ3n) is 1.92. The van der Waals surface area contributed by atoms with Gasteiger partial charge in [0.25, 0.3) is 0 Å². The number of hydrogen-bond donors (Lipinski definition) is 1. The molecular weight excluding hydrogens is 124 g/mol. The smallest absolute Gasteiger partial charge is 0.103 e. The molecule has 52 valence electrons. The first-order chi connectivity index (χ1) is 4.88. The summed E-state index contributed by atoms with van der Waals surface area (Å²) in [5.74, 6) is 1.06. The highest BCUT2D eigenvalue weighted by molar-refractivity contribution is 5.42. The topological polar surface area (TPSA) is 20.2 Å². The van der Waals surface area contributed by atoms with Crippen molar-refractivity contribution in [1.82, 2.24) is 0 Å². The molecule has 0 radical (unpaired) electrons. The second-order valence-corrected chi connectivity index (χ2v) is 2.83. The van der Waals surface area contributed by atoms with E-state index in [-0.39, 0.29) is 0 Å². The van der Waals surface area contributed by atoms with Crippen LogP contribution >= 0.6 is 0 Å². The second-order valence-electron chi connectivity index (χ2n) is 2.83. The molecule has 2 aliphatic carbocycles. The van der Waals surface area contributed by atoms with Gasteiger partial charge in [0.2, 0.25) is 0 Å². The van der Waals surface area contributed by atoms with Gasteiger partial charge in [-0.15, -0.1) is 0 Å². The molecule has 0 unspecified atom stereocenters. The summed E-state index contributed by atoms with van der Waals surface area (Å²) in [7, 11) is 0. The van der Waals surface area contributed by atoms with Crippen LogP contribution in [-0.2, 0) is 0 Å². The van der Waals surface area contributed by atoms with Crippen molar-refractivity contribution in [3.8, 4) is 0 Å². The summed E-state index contributed by atoms with van der Waals surface area (Å²) in [6, 6.07) is 0. The van der Waals surface area contributed by atoms with Crippen molar-refractivity contribution in [2.75, 3.05) is 0 Å². The van der Waals surface area contributed by atoms with E-state index in [2.05, 4.69) is 0 Å². The molecule has 0 amide bonds. The third kappa shape index (κ3) is 0.878. The van der Waals surface area contributed by atoms with Crippen molar-refractivity contribution in [3.05, 3.63) is 35.6 Å². The number of hydrogen-bond acceptors (Lipinski definition) is 1. The van der Waals surface area contributed by atoms with Crippen LogP contribution in [0, 0.1) is 5.92 Å². The van der Waals surface area contributed by atoms with E-state index in [1.54, 1.807) is 0 Å². The van der Waals surface area contributed by atoms with Crippen molar-refractivity contribution in [3.63, 3.8) is 0 Å². The maximum absolute atomic E-state index is 9.47. The summed E-state index contributed by atoms with van der Waals surface area (Å²) in [5, 5.41) is 9.47. The largest absolute Gasteiger partial charge is 0.511 e. The summed E-state index contributed by atoms with van der Waals surface area (Å²) in [4.78, 5) is 0. The standard InChI is InChI=1S/C9H10O/c10-9(8-5-6-8)7-3-1-2-4-7/h1-4,8,10H,5-6H2. The predicted molar refractivity (Wildman–Crippen MR) is 40.7 cm³/mol. The molecule has 0 aromatic carbocycles. The van der Waals surface area contributed by atoms with Crippen LogP contribution in [0.3, 0.4) is 0 Å². The van der Waals surface area contributed by atoms with Gasteiger partial charge in [-0.3, -0.25) is 0 Å². The quantitative estimate of drug-likeness (QED) is 0.546. The van der Waals surface area contributed by atoms with Crippen molar-refractivity contribution in [1.29, 1.82) is 0 Å². The highest BCUT2D eigenvalue weighted by Gasteiger charge is 2.27. The van der Waals surface area contributed by atoms with Gasteiger partial charge in [-0.25, -0.2) is 0 Å². The molecule has 10 heavy (non-hydrogen) atoms. The Morgan fingerprint density at radius 3 is 2.40 bits per heavy atom. The number of allylic oxidation sites excluding steroid dienone is 6. The lowest BCUT2D eigenvalue weighted by Crippen LogP contribution is -1.86. The SMILES string of the molecule is OC(=C1C=CC=C1)C1CC1. The number of aliphatic hydroxyl groups excluding tert-OH is 1. The van der Waals surface area contributed by atoms with Gasteiger partial charge in [0, 0.05) is 11.5 Å². The summed E-state index contributed by atoms with van der Waals surface area (Å²) >= 11 is 0. The zero-order valence-electron chi connectivity index (χ0n) is 5.75. The first kappa shape index (κ1) is 5.78. The van der Waals surface area contributed by atoms with E-state index in [4.69, 9.17) is 0 Å². The maximum Gasteiger partial charge on any atom is 0.103 e. The molecule has 0 heterocycles. The van der Waals surface area contributed by atoms with Gasteiger partial charge in [0.15, 0.2) is 0 Å². The molecule has 1 saturated carbocycles. The van der Waals surface area contributed by atoms with Gasteiger partial charge in [0.05, 0.1) is 0 Å². The monoisotopic (exact) mass is 134 g/mol. The Labute approximate surface area is 60.4 Å². The average Bonchev–Trinajstić information content (AvgIpc) is 2.65. The minimum atomic E-state index is 0.474. The van der Waals surface area contributed by atoms with Crippen molar-refractivity contribution >= 4 is 0 Å². The minimum absolute atomic E-state index is 0.474. The molecule has 0 atom stereocenters. The Kier molecular flexibility index (Phi) is 1.16. The molecule has 1 nitrogen and oxygen atoms in total. The Balaban J connectivity index is 2.25. The fraction of sp³-hybridized carbons (Fsp3) is 0.333. The van der Waals surface area contributed by atoms with E-state index in [0.717, 1.165) is 18.4 Å². The van der Waals surface area contributed by atoms with Gasteiger partial charge < -0.3 is 5.11 Å². The molecule has 2 aliphatic rings. The van der Waals surface area contributed by atoms with Gasteiger partial charge >= 0.3 is 0 Å². The van der Waals surface area contributed by atoms with Crippen LogP contribution in [0.5, 0.6) is 0 Å². The molecule has 0 aromatic rings. The van der Waals surface area contributed by atoms with Crippen LogP contribution in [0.4, 0.5) is 0 Å². The maximum atomic E-state index is 9.47. The lowest BCUT2D eigenvalue weighted by molar-refractivity contribution is 0.376. The Morgan fingerprint density at radius 2 is 1.90 bits per heavy atom. The van der Waals surface area contributed by atoms with Crippen LogP contribution in [0.2, 0.25) is 0 Å². The third-order valence-corrected chi connectivity index (χ3v) is 1.92. The zero-order chi connectivity index (χ0) is 6.97. The van der Waals surface area contributed by atoms with Gasteiger partial charge in [-0.05, 0) is 12.8 Å².